The first-order valence-corrected chi connectivity index (χ1v) is 13.7. The summed E-state index contributed by atoms with van der Waals surface area (Å²) in [5.74, 6) is 1.83. The van der Waals surface area contributed by atoms with Crippen LogP contribution in [0.1, 0.15) is 73.7 Å². The normalized spacial score (nSPS) is 17.4. The van der Waals surface area contributed by atoms with Gasteiger partial charge in [-0.25, -0.2) is 5.10 Å². The van der Waals surface area contributed by atoms with Crippen LogP contribution in [0.2, 0.25) is 0 Å². The Hall–Kier alpha value is -3.47. The van der Waals surface area contributed by atoms with Crippen LogP contribution < -0.4 is 14.8 Å². The number of nitrogens with one attached hydrogen (secondary N) is 2. The van der Waals surface area contributed by atoms with Gasteiger partial charge in [0.1, 0.15) is 17.3 Å². The average Bonchev–Trinajstić information content (AvgIpc) is 3.74. The second kappa shape index (κ2) is 12.4. The molecule has 1 aliphatic carbocycles. The molecule has 38 heavy (non-hydrogen) atoms. The molecule has 0 radical (unpaired) electrons. The number of tetrazole rings is 1. The van der Waals surface area contributed by atoms with Crippen molar-refractivity contribution in [3.05, 3.63) is 35.8 Å². The maximum absolute atomic E-state index is 13.6. The molecule has 3 aromatic rings. The number of carbonyl (C=O) groups is 1. The van der Waals surface area contributed by atoms with E-state index in [1.54, 1.807) is 14.2 Å². The number of methoxy groups -OCH3 is 2. The Morgan fingerprint density at radius 3 is 2.50 bits per heavy atom. The highest BCUT2D eigenvalue weighted by molar-refractivity contribution is 5.94. The van der Waals surface area contributed by atoms with Gasteiger partial charge in [-0.1, -0.05) is 25.3 Å². The van der Waals surface area contributed by atoms with Crippen LogP contribution in [-0.2, 0) is 6.42 Å². The van der Waals surface area contributed by atoms with Crippen molar-refractivity contribution in [3.63, 3.8) is 0 Å². The van der Waals surface area contributed by atoms with Gasteiger partial charge in [-0.2, -0.15) is 5.10 Å². The van der Waals surface area contributed by atoms with Gasteiger partial charge in [0.25, 0.3) is 5.91 Å². The lowest BCUT2D eigenvalue weighted by molar-refractivity contribution is 0.0923. The Morgan fingerprint density at radius 1 is 1.11 bits per heavy atom. The first-order valence-electron chi connectivity index (χ1n) is 13.7. The maximum atomic E-state index is 13.6. The molecule has 1 aromatic carbocycles. The number of amides is 1. The van der Waals surface area contributed by atoms with Crippen molar-refractivity contribution in [2.75, 3.05) is 33.9 Å². The highest BCUT2D eigenvalue weighted by Crippen LogP contribution is 2.41. The van der Waals surface area contributed by atoms with Crippen LogP contribution in [0.4, 0.5) is 0 Å². The quantitative estimate of drug-likeness (QED) is 0.393. The Bertz CT molecular complexity index is 1160. The number of H-pyrrole nitrogens is 1. The molecule has 1 atom stereocenters. The number of likely N-dealkylation sites (tertiary alicyclic amines) is 1. The zero-order valence-corrected chi connectivity index (χ0v) is 22.4. The summed E-state index contributed by atoms with van der Waals surface area (Å²) in [5, 5.41) is 22.4. The van der Waals surface area contributed by atoms with E-state index in [0.717, 1.165) is 63.0 Å². The average molecular weight is 523 g/mol. The van der Waals surface area contributed by atoms with Crippen molar-refractivity contribution < 1.29 is 14.3 Å². The van der Waals surface area contributed by atoms with E-state index in [4.69, 9.17) is 14.6 Å². The number of piperidine rings is 1. The number of rotatable bonds is 11. The summed E-state index contributed by atoms with van der Waals surface area (Å²) in [6.45, 7) is 3.15. The molecule has 3 heterocycles. The third-order valence-electron chi connectivity index (χ3n) is 7.73. The Balaban J connectivity index is 1.41. The lowest BCUT2D eigenvalue weighted by Gasteiger charge is -2.28. The summed E-state index contributed by atoms with van der Waals surface area (Å²) in [6, 6.07) is 7.69. The van der Waals surface area contributed by atoms with Crippen LogP contribution >= 0.6 is 0 Å². The van der Waals surface area contributed by atoms with Crippen molar-refractivity contribution in [2.45, 2.75) is 69.9 Å². The molecule has 2 fully saturated rings. The fraction of sp³-hybridized carbons (Fsp3) is 0.593. The van der Waals surface area contributed by atoms with Crippen LogP contribution in [0.5, 0.6) is 11.5 Å². The number of hydrogen-bond acceptors (Lipinski definition) is 8. The highest BCUT2D eigenvalue weighted by Gasteiger charge is 2.28. The van der Waals surface area contributed by atoms with Crippen LogP contribution in [0.15, 0.2) is 24.3 Å². The molecule has 5 rings (SSSR count). The molecule has 204 valence electrons. The first kappa shape index (κ1) is 26.1. The number of benzene rings is 1. The van der Waals surface area contributed by atoms with Gasteiger partial charge < -0.3 is 19.7 Å². The summed E-state index contributed by atoms with van der Waals surface area (Å²) >= 11 is 0. The minimum absolute atomic E-state index is 0.125. The Labute approximate surface area is 223 Å². The second-order valence-corrected chi connectivity index (χ2v) is 10.2. The van der Waals surface area contributed by atoms with Crippen LogP contribution in [-0.4, -0.2) is 81.1 Å². The Morgan fingerprint density at radius 2 is 1.84 bits per heavy atom. The lowest BCUT2D eigenvalue weighted by atomic mass is 10.1. The van der Waals surface area contributed by atoms with E-state index in [-0.39, 0.29) is 18.0 Å². The van der Waals surface area contributed by atoms with Crippen molar-refractivity contribution in [2.24, 2.45) is 0 Å². The lowest BCUT2D eigenvalue weighted by Crippen LogP contribution is -2.41. The minimum Gasteiger partial charge on any atom is -0.496 e. The van der Waals surface area contributed by atoms with Crippen LogP contribution in [0.3, 0.4) is 0 Å². The molecule has 2 aromatic heterocycles. The predicted octanol–water partition coefficient (Wildman–Crippen LogP) is 3.41. The molecular formula is C27H38N8O3. The largest absolute Gasteiger partial charge is 0.496 e. The van der Waals surface area contributed by atoms with E-state index in [1.165, 1.54) is 19.3 Å². The minimum atomic E-state index is -0.201. The summed E-state index contributed by atoms with van der Waals surface area (Å²) < 4.78 is 13.4. The standard InChI is InChI=1S/C27H38N8O3/c1-37-23-11-8-12-24(38-2)26(23)22-18-21(31-35(22)20-9-4-5-10-20)27(36)28-19(17-25-29-32-33-30-25)13-16-34-14-6-3-7-15-34/h8,11-12,18-20H,3-7,9-10,13-17H2,1-2H3,(H,28,36)(H,29,30,32,33). The SMILES string of the molecule is COc1cccc(OC)c1-c1cc(C(=O)NC(CCN2CCCCC2)Cc2nnn[nH]2)nn1C1CCCC1. The fourth-order valence-electron chi connectivity index (χ4n) is 5.73. The van der Waals surface area contributed by atoms with Gasteiger partial charge >= 0.3 is 0 Å². The molecule has 1 saturated heterocycles. The molecule has 2 N–H and O–H groups in total. The van der Waals surface area contributed by atoms with Gasteiger partial charge in [0.05, 0.1) is 31.5 Å². The van der Waals surface area contributed by atoms with E-state index in [9.17, 15) is 4.79 Å². The third-order valence-corrected chi connectivity index (χ3v) is 7.73. The second-order valence-electron chi connectivity index (χ2n) is 10.2. The van der Waals surface area contributed by atoms with Gasteiger partial charge in [0.2, 0.25) is 0 Å². The zero-order valence-electron chi connectivity index (χ0n) is 22.4. The first-order chi connectivity index (χ1) is 18.7. The van der Waals surface area contributed by atoms with Gasteiger partial charge in [0, 0.05) is 19.0 Å². The van der Waals surface area contributed by atoms with Crippen molar-refractivity contribution in [1.29, 1.82) is 0 Å². The predicted molar refractivity (Wildman–Crippen MR) is 142 cm³/mol. The van der Waals surface area contributed by atoms with Crippen molar-refractivity contribution >= 4 is 5.91 Å². The van der Waals surface area contributed by atoms with Gasteiger partial charge in [-0.15, -0.1) is 5.10 Å². The summed E-state index contributed by atoms with van der Waals surface area (Å²) in [6.07, 6.45) is 9.47. The molecule has 0 spiro atoms. The number of nitrogens with zero attached hydrogens (tertiary/aromatic N) is 6. The van der Waals surface area contributed by atoms with E-state index in [0.29, 0.717) is 29.4 Å². The van der Waals surface area contributed by atoms with E-state index in [1.807, 2.05) is 28.9 Å². The number of aromatic nitrogens is 6. The zero-order chi connectivity index (χ0) is 26.3. The summed E-state index contributed by atoms with van der Waals surface area (Å²) in [4.78, 5) is 16.1. The van der Waals surface area contributed by atoms with E-state index >= 15 is 0 Å². The topological polar surface area (TPSA) is 123 Å². The van der Waals surface area contributed by atoms with Crippen molar-refractivity contribution in [3.8, 4) is 22.8 Å². The summed E-state index contributed by atoms with van der Waals surface area (Å²) in [5.41, 5.74) is 2.03. The molecular weight excluding hydrogens is 484 g/mol. The van der Waals surface area contributed by atoms with E-state index < -0.39 is 0 Å². The molecule has 11 nitrogen and oxygen atoms in total. The fourth-order valence-corrected chi connectivity index (χ4v) is 5.73. The molecule has 2 aliphatic rings. The summed E-state index contributed by atoms with van der Waals surface area (Å²) in [7, 11) is 3.29. The molecule has 1 saturated carbocycles. The van der Waals surface area contributed by atoms with Crippen LogP contribution in [0, 0.1) is 0 Å². The monoisotopic (exact) mass is 522 g/mol. The molecule has 1 amide bonds. The van der Waals surface area contributed by atoms with Gasteiger partial charge in [-0.05, 0) is 73.8 Å². The van der Waals surface area contributed by atoms with Crippen LogP contribution in [0.25, 0.3) is 11.3 Å². The highest BCUT2D eigenvalue weighted by atomic mass is 16.5. The van der Waals surface area contributed by atoms with Crippen molar-refractivity contribution in [1.82, 2.24) is 40.6 Å². The van der Waals surface area contributed by atoms with Gasteiger partial charge in [-0.3, -0.25) is 9.48 Å². The third kappa shape index (κ3) is 5.98. The van der Waals surface area contributed by atoms with Gasteiger partial charge in [0.15, 0.2) is 5.69 Å². The Kier molecular flexibility index (Phi) is 8.52. The van der Waals surface area contributed by atoms with E-state index in [2.05, 4.69) is 30.8 Å². The molecule has 11 heteroatoms. The molecule has 0 bridgehead atoms. The number of aromatic amines is 1. The molecule has 1 unspecified atom stereocenters. The number of ether oxygens (including phenoxy) is 2. The maximum Gasteiger partial charge on any atom is 0.272 e. The number of hydrogen-bond donors (Lipinski definition) is 2. The smallest absolute Gasteiger partial charge is 0.272 e. The molecule has 1 aliphatic heterocycles. The number of carbonyl (C=O) groups excluding carboxylic acids is 1.